The predicted octanol–water partition coefficient (Wildman–Crippen LogP) is 2.91. The molecule has 1 unspecified atom stereocenters. The number of carbonyl (C=O) groups excluding carboxylic acids is 2. The summed E-state index contributed by atoms with van der Waals surface area (Å²) < 4.78 is 4.73. The molecular formula is C15H16ClNO3. The molecule has 0 spiro atoms. The number of H-pyrrole nitrogens is 1. The summed E-state index contributed by atoms with van der Waals surface area (Å²) >= 11 is 6.02. The Morgan fingerprint density at radius 3 is 2.90 bits per heavy atom. The number of esters is 1. The summed E-state index contributed by atoms with van der Waals surface area (Å²) in [5, 5.41) is 1.51. The number of ether oxygens (including phenoxy) is 1. The molecule has 0 amide bonds. The first-order chi connectivity index (χ1) is 9.55. The van der Waals surface area contributed by atoms with E-state index in [1.807, 2.05) is 19.1 Å². The highest BCUT2D eigenvalue weighted by Gasteiger charge is 2.17. The van der Waals surface area contributed by atoms with Gasteiger partial charge in [-0.15, -0.1) is 0 Å². The zero-order chi connectivity index (χ0) is 14.7. The standard InChI is InChI=1S/C15H16ClNO3/c1-9(8-18)5-14-12(7-15(19)20-2)11-6-10(16)3-4-13(11)17-14/h3-4,6,8-9,17H,5,7H2,1-2H3. The Morgan fingerprint density at radius 1 is 1.50 bits per heavy atom. The molecule has 0 saturated heterocycles. The first-order valence-electron chi connectivity index (χ1n) is 6.36. The lowest BCUT2D eigenvalue weighted by atomic mass is 10.0. The van der Waals surface area contributed by atoms with Gasteiger partial charge in [-0.3, -0.25) is 4.79 Å². The minimum atomic E-state index is -0.314. The number of halogens is 1. The topological polar surface area (TPSA) is 59.2 Å². The van der Waals surface area contributed by atoms with Gasteiger partial charge in [0.05, 0.1) is 13.5 Å². The SMILES string of the molecule is COC(=O)Cc1c(CC(C)C=O)[nH]c2ccc(Cl)cc12. The van der Waals surface area contributed by atoms with Crippen LogP contribution in [0, 0.1) is 5.92 Å². The molecule has 0 aliphatic carbocycles. The molecule has 1 N–H and O–H groups in total. The summed E-state index contributed by atoms with van der Waals surface area (Å²) in [6.45, 7) is 1.84. The molecule has 1 heterocycles. The van der Waals surface area contributed by atoms with E-state index < -0.39 is 0 Å². The summed E-state index contributed by atoms with van der Waals surface area (Å²) in [7, 11) is 1.36. The van der Waals surface area contributed by atoms with Crippen molar-refractivity contribution in [2.24, 2.45) is 5.92 Å². The number of hydrogen-bond acceptors (Lipinski definition) is 3. The third kappa shape index (κ3) is 3.02. The van der Waals surface area contributed by atoms with Gasteiger partial charge < -0.3 is 14.5 Å². The first-order valence-corrected chi connectivity index (χ1v) is 6.74. The largest absolute Gasteiger partial charge is 0.469 e. The van der Waals surface area contributed by atoms with Crippen LogP contribution in [0.25, 0.3) is 10.9 Å². The highest BCUT2D eigenvalue weighted by Crippen LogP contribution is 2.27. The first kappa shape index (κ1) is 14.6. The number of fused-ring (bicyclic) bond motifs is 1. The average molecular weight is 294 g/mol. The minimum absolute atomic E-state index is 0.116. The molecule has 5 heteroatoms. The smallest absolute Gasteiger partial charge is 0.310 e. The Labute approximate surface area is 122 Å². The van der Waals surface area contributed by atoms with Crippen molar-refractivity contribution in [2.75, 3.05) is 7.11 Å². The Balaban J connectivity index is 2.51. The highest BCUT2D eigenvalue weighted by atomic mass is 35.5. The molecule has 0 aliphatic rings. The van der Waals surface area contributed by atoms with E-state index in [2.05, 4.69) is 4.98 Å². The van der Waals surface area contributed by atoms with E-state index in [-0.39, 0.29) is 18.3 Å². The number of aldehydes is 1. The van der Waals surface area contributed by atoms with E-state index in [4.69, 9.17) is 16.3 Å². The summed E-state index contributed by atoms with van der Waals surface area (Å²) in [6.07, 6.45) is 1.63. The Bertz CT molecular complexity index is 648. The molecule has 4 nitrogen and oxygen atoms in total. The number of hydrogen-bond donors (Lipinski definition) is 1. The second-order valence-corrected chi connectivity index (χ2v) is 5.28. The van der Waals surface area contributed by atoms with Crippen molar-refractivity contribution < 1.29 is 14.3 Å². The molecule has 1 atom stereocenters. The number of carbonyl (C=O) groups is 2. The second-order valence-electron chi connectivity index (χ2n) is 4.84. The lowest BCUT2D eigenvalue weighted by molar-refractivity contribution is -0.139. The summed E-state index contributed by atoms with van der Waals surface area (Å²) in [5.74, 6) is -0.430. The van der Waals surface area contributed by atoms with E-state index in [9.17, 15) is 9.59 Å². The van der Waals surface area contributed by atoms with Crippen LogP contribution < -0.4 is 0 Å². The van der Waals surface area contributed by atoms with Crippen LogP contribution in [0.1, 0.15) is 18.2 Å². The van der Waals surface area contributed by atoms with E-state index in [0.717, 1.165) is 28.4 Å². The zero-order valence-electron chi connectivity index (χ0n) is 11.4. The summed E-state index contributed by atoms with van der Waals surface area (Å²) in [5.41, 5.74) is 2.64. The third-order valence-corrected chi connectivity index (χ3v) is 3.50. The molecule has 2 aromatic rings. The normalized spacial score (nSPS) is 12.3. The molecule has 1 aromatic heterocycles. The fraction of sp³-hybridized carbons (Fsp3) is 0.333. The molecule has 0 bridgehead atoms. The van der Waals surface area contributed by atoms with Crippen LogP contribution in [0.2, 0.25) is 5.02 Å². The molecule has 106 valence electrons. The fourth-order valence-corrected chi connectivity index (χ4v) is 2.41. The molecule has 0 aliphatic heterocycles. The lowest BCUT2D eigenvalue weighted by Gasteiger charge is -2.06. The maximum absolute atomic E-state index is 11.6. The van der Waals surface area contributed by atoms with Crippen molar-refractivity contribution >= 4 is 34.8 Å². The van der Waals surface area contributed by atoms with Gasteiger partial charge in [0.2, 0.25) is 0 Å². The van der Waals surface area contributed by atoms with Gasteiger partial charge in [-0.1, -0.05) is 18.5 Å². The van der Waals surface area contributed by atoms with Crippen molar-refractivity contribution in [3.05, 3.63) is 34.5 Å². The van der Waals surface area contributed by atoms with E-state index in [1.165, 1.54) is 7.11 Å². The maximum Gasteiger partial charge on any atom is 0.310 e. The fourth-order valence-electron chi connectivity index (χ4n) is 2.24. The number of aromatic amines is 1. The Hall–Kier alpha value is -1.81. The van der Waals surface area contributed by atoms with Crippen molar-refractivity contribution in [3.8, 4) is 0 Å². The average Bonchev–Trinajstić information content (AvgIpc) is 2.76. The predicted molar refractivity (Wildman–Crippen MR) is 78.0 cm³/mol. The summed E-state index contributed by atoms with van der Waals surface area (Å²) in [6, 6.07) is 5.48. The van der Waals surface area contributed by atoms with Crippen LogP contribution in [0.3, 0.4) is 0 Å². The maximum atomic E-state index is 11.6. The van der Waals surface area contributed by atoms with E-state index in [0.29, 0.717) is 11.4 Å². The monoisotopic (exact) mass is 293 g/mol. The number of benzene rings is 1. The van der Waals surface area contributed by atoms with Crippen LogP contribution in [-0.4, -0.2) is 24.3 Å². The van der Waals surface area contributed by atoms with Gasteiger partial charge in [0.1, 0.15) is 6.29 Å². The van der Waals surface area contributed by atoms with Gasteiger partial charge in [-0.25, -0.2) is 0 Å². The molecule has 0 saturated carbocycles. The second kappa shape index (κ2) is 6.09. The van der Waals surface area contributed by atoms with Crippen LogP contribution in [-0.2, 0) is 27.2 Å². The third-order valence-electron chi connectivity index (χ3n) is 3.26. The van der Waals surface area contributed by atoms with Crippen molar-refractivity contribution in [3.63, 3.8) is 0 Å². The van der Waals surface area contributed by atoms with Gasteiger partial charge in [0.15, 0.2) is 0 Å². The van der Waals surface area contributed by atoms with Gasteiger partial charge in [-0.2, -0.15) is 0 Å². The van der Waals surface area contributed by atoms with Gasteiger partial charge in [0.25, 0.3) is 0 Å². The number of aromatic nitrogens is 1. The lowest BCUT2D eigenvalue weighted by Crippen LogP contribution is -2.08. The number of rotatable bonds is 5. The van der Waals surface area contributed by atoms with Gasteiger partial charge in [0, 0.05) is 27.5 Å². The minimum Gasteiger partial charge on any atom is -0.469 e. The van der Waals surface area contributed by atoms with E-state index >= 15 is 0 Å². The highest BCUT2D eigenvalue weighted by molar-refractivity contribution is 6.31. The molecule has 0 radical (unpaired) electrons. The van der Waals surface area contributed by atoms with Crippen LogP contribution in [0.4, 0.5) is 0 Å². The van der Waals surface area contributed by atoms with Crippen LogP contribution in [0.5, 0.6) is 0 Å². The Morgan fingerprint density at radius 2 is 2.25 bits per heavy atom. The van der Waals surface area contributed by atoms with Crippen molar-refractivity contribution in [2.45, 2.75) is 19.8 Å². The molecular weight excluding hydrogens is 278 g/mol. The quantitative estimate of drug-likeness (QED) is 0.681. The zero-order valence-corrected chi connectivity index (χ0v) is 12.2. The molecule has 20 heavy (non-hydrogen) atoms. The molecule has 2 rings (SSSR count). The van der Waals surface area contributed by atoms with Gasteiger partial charge in [-0.05, 0) is 30.2 Å². The number of nitrogens with one attached hydrogen (secondary N) is 1. The van der Waals surface area contributed by atoms with Crippen LogP contribution in [0.15, 0.2) is 18.2 Å². The molecule has 0 fully saturated rings. The molecule has 1 aromatic carbocycles. The van der Waals surface area contributed by atoms with Crippen LogP contribution >= 0.6 is 11.6 Å². The summed E-state index contributed by atoms with van der Waals surface area (Å²) in [4.78, 5) is 25.7. The van der Waals surface area contributed by atoms with Gasteiger partial charge >= 0.3 is 5.97 Å². The van der Waals surface area contributed by atoms with Crippen molar-refractivity contribution in [1.82, 2.24) is 4.98 Å². The number of methoxy groups -OCH3 is 1. The van der Waals surface area contributed by atoms with E-state index in [1.54, 1.807) is 6.07 Å². The Kier molecular flexibility index (Phi) is 4.45. The van der Waals surface area contributed by atoms with Crippen molar-refractivity contribution in [1.29, 1.82) is 0 Å².